The van der Waals surface area contributed by atoms with E-state index < -0.39 is 10.0 Å². The Morgan fingerprint density at radius 3 is 2.38 bits per heavy atom. The van der Waals surface area contributed by atoms with E-state index in [0.29, 0.717) is 13.2 Å². The molecule has 0 aliphatic carbocycles. The van der Waals surface area contributed by atoms with Gasteiger partial charge in [0.05, 0.1) is 18.6 Å². The van der Waals surface area contributed by atoms with Gasteiger partial charge in [0.25, 0.3) is 0 Å². The van der Waals surface area contributed by atoms with E-state index in [0.717, 1.165) is 22.5 Å². The zero-order valence-electron chi connectivity index (χ0n) is 14.3. The number of sulfonamides is 1. The Morgan fingerprint density at radius 1 is 0.846 bits per heavy atom. The fraction of sp³-hybridized carbons (Fsp3) is 0.200. The number of hydrogen-bond donors (Lipinski definition) is 1. The monoisotopic (exact) mass is 371 g/mol. The second-order valence-corrected chi connectivity index (χ2v) is 7.76. The molecule has 0 amide bonds. The Bertz CT molecular complexity index is 906. The van der Waals surface area contributed by atoms with Gasteiger partial charge in [-0.25, -0.2) is 13.1 Å². The largest absolute Gasteiger partial charge is 0.467 e. The van der Waals surface area contributed by atoms with Gasteiger partial charge in [-0.3, -0.25) is 0 Å². The summed E-state index contributed by atoms with van der Waals surface area (Å²) in [6, 6.07) is 20.5. The van der Waals surface area contributed by atoms with Gasteiger partial charge in [0.1, 0.15) is 12.4 Å². The molecule has 6 heteroatoms. The van der Waals surface area contributed by atoms with E-state index >= 15 is 0 Å². The summed E-state index contributed by atoms with van der Waals surface area (Å²) >= 11 is 0. The summed E-state index contributed by atoms with van der Waals surface area (Å²) in [5.41, 5.74) is 2.64. The van der Waals surface area contributed by atoms with E-state index in [9.17, 15) is 8.42 Å². The molecule has 0 aliphatic heterocycles. The van der Waals surface area contributed by atoms with Crippen LogP contribution in [0.5, 0.6) is 0 Å². The van der Waals surface area contributed by atoms with Crippen molar-refractivity contribution in [3.05, 3.63) is 95.4 Å². The molecular weight excluding hydrogens is 350 g/mol. The number of hydrogen-bond acceptors (Lipinski definition) is 4. The molecule has 0 saturated carbocycles. The molecule has 0 aliphatic rings. The van der Waals surface area contributed by atoms with E-state index in [2.05, 4.69) is 4.72 Å². The summed E-state index contributed by atoms with van der Waals surface area (Å²) < 4.78 is 37.9. The van der Waals surface area contributed by atoms with Crippen LogP contribution in [0.2, 0.25) is 0 Å². The van der Waals surface area contributed by atoms with Crippen LogP contribution in [0.1, 0.15) is 22.5 Å². The molecule has 0 bridgehead atoms. The molecule has 1 aromatic heterocycles. The predicted molar refractivity (Wildman–Crippen MR) is 99.5 cm³/mol. The number of rotatable bonds is 9. The van der Waals surface area contributed by atoms with Crippen LogP contribution < -0.4 is 4.72 Å². The summed E-state index contributed by atoms with van der Waals surface area (Å²) in [6.45, 7) is 1.09. The van der Waals surface area contributed by atoms with E-state index in [1.165, 1.54) is 0 Å². The molecule has 1 N–H and O–H groups in total. The lowest BCUT2D eigenvalue weighted by atomic mass is 10.1. The third-order valence-electron chi connectivity index (χ3n) is 3.78. The van der Waals surface area contributed by atoms with Crippen LogP contribution in [-0.2, 0) is 40.3 Å². The van der Waals surface area contributed by atoms with Crippen LogP contribution >= 0.6 is 0 Å². The minimum absolute atomic E-state index is 0.0280. The lowest BCUT2D eigenvalue weighted by Crippen LogP contribution is -2.24. The maximum absolute atomic E-state index is 12.2. The molecular formula is C20H21NO4S. The topological polar surface area (TPSA) is 68.5 Å². The van der Waals surface area contributed by atoms with Crippen LogP contribution in [0.4, 0.5) is 0 Å². The number of ether oxygens (including phenoxy) is 1. The minimum atomic E-state index is -3.39. The van der Waals surface area contributed by atoms with Crippen molar-refractivity contribution < 1.29 is 17.6 Å². The molecule has 0 atom stereocenters. The summed E-state index contributed by atoms with van der Waals surface area (Å²) in [7, 11) is -3.39. The van der Waals surface area contributed by atoms with Crippen molar-refractivity contribution in [2.24, 2.45) is 0 Å². The molecule has 0 radical (unpaired) electrons. The van der Waals surface area contributed by atoms with Gasteiger partial charge in [0, 0.05) is 6.54 Å². The highest BCUT2D eigenvalue weighted by atomic mass is 32.2. The molecule has 5 nitrogen and oxygen atoms in total. The Labute approximate surface area is 153 Å². The molecule has 3 rings (SSSR count). The van der Waals surface area contributed by atoms with Crippen LogP contribution in [0.25, 0.3) is 0 Å². The molecule has 1 heterocycles. The highest BCUT2D eigenvalue weighted by molar-refractivity contribution is 7.88. The second-order valence-electron chi connectivity index (χ2n) is 5.96. The molecule has 0 spiro atoms. The SMILES string of the molecule is O=S(=O)(Cc1ccccc1)NCc1cccc(COCc2ccco2)c1. The van der Waals surface area contributed by atoms with Crippen molar-refractivity contribution in [3.63, 3.8) is 0 Å². The highest BCUT2D eigenvalue weighted by Crippen LogP contribution is 2.10. The highest BCUT2D eigenvalue weighted by Gasteiger charge is 2.11. The molecule has 3 aromatic rings. The second kappa shape index (κ2) is 8.80. The maximum Gasteiger partial charge on any atom is 0.216 e. The number of furan rings is 1. The average molecular weight is 371 g/mol. The van der Waals surface area contributed by atoms with Crippen LogP contribution in [0.15, 0.2) is 77.4 Å². The van der Waals surface area contributed by atoms with Gasteiger partial charge in [-0.1, -0.05) is 54.6 Å². The smallest absolute Gasteiger partial charge is 0.216 e. The van der Waals surface area contributed by atoms with Gasteiger partial charge in [0.15, 0.2) is 0 Å². The molecule has 2 aromatic carbocycles. The summed E-state index contributed by atoms with van der Waals surface area (Å²) in [5.74, 6) is 0.745. The first-order valence-electron chi connectivity index (χ1n) is 8.30. The Hall–Kier alpha value is -2.41. The third kappa shape index (κ3) is 5.84. The van der Waals surface area contributed by atoms with Gasteiger partial charge < -0.3 is 9.15 Å². The lowest BCUT2D eigenvalue weighted by Gasteiger charge is -2.09. The Balaban J connectivity index is 1.51. The van der Waals surface area contributed by atoms with Gasteiger partial charge in [-0.15, -0.1) is 0 Å². The van der Waals surface area contributed by atoms with Crippen LogP contribution in [0, 0.1) is 0 Å². The van der Waals surface area contributed by atoms with Crippen molar-refractivity contribution in [1.82, 2.24) is 4.72 Å². The van der Waals surface area contributed by atoms with Crippen molar-refractivity contribution in [3.8, 4) is 0 Å². The van der Waals surface area contributed by atoms with E-state index in [1.807, 2.05) is 54.6 Å². The first-order valence-corrected chi connectivity index (χ1v) is 9.95. The lowest BCUT2D eigenvalue weighted by molar-refractivity contribution is 0.0929. The standard InChI is InChI=1S/C20H21NO4S/c22-26(23,16-17-6-2-1-3-7-17)21-13-18-8-4-9-19(12-18)14-24-15-20-10-5-11-25-20/h1-12,21H,13-16H2. The predicted octanol–water partition coefficient (Wildman–Crippen LogP) is 3.62. The van der Waals surface area contributed by atoms with Crippen molar-refractivity contribution >= 4 is 10.0 Å². The van der Waals surface area contributed by atoms with Gasteiger partial charge in [-0.05, 0) is 28.8 Å². The van der Waals surface area contributed by atoms with Crippen molar-refractivity contribution in [2.75, 3.05) is 0 Å². The van der Waals surface area contributed by atoms with E-state index in [1.54, 1.807) is 18.4 Å². The number of nitrogens with one attached hydrogen (secondary N) is 1. The number of benzene rings is 2. The molecule has 0 fully saturated rings. The summed E-state index contributed by atoms with van der Waals surface area (Å²) in [6.07, 6.45) is 1.61. The quantitative estimate of drug-likeness (QED) is 0.624. The van der Waals surface area contributed by atoms with Gasteiger partial charge >= 0.3 is 0 Å². The van der Waals surface area contributed by atoms with Crippen molar-refractivity contribution in [2.45, 2.75) is 25.5 Å². The Kier molecular flexibility index (Phi) is 6.22. The fourth-order valence-corrected chi connectivity index (χ4v) is 3.65. The zero-order chi connectivity index (χ0) is 18.2. The van der Waals surface area contributed by atoms with Crippen LogP contribution in [0.3, 0.4) is 0 Å². The maximum atomic E-state index is 12.2. The van der Waals surface area contributed by atoms with Crippen molar-refractivity contribution in [1.29, 1.82) is 0 Å². The minimum Gasteiger partial charge on any atom is -0.467 e. The first kappa shape index (κ1) is 18.4. The fourth-order valence-electron chi connectivity index (χ4n) is 2.53. The van der Waals surface area contributed by atoms with Crippen LogP contribution in [-0.4, -0.2) is 8.42 Å². The van der Waals surface area contributed by atoms with E-state index in [4.69, 9.17) is 9.15 Å². The average Bonchev–Trinajstić information content (AvgIpc) is 3.15. The van der Waals surface area contributed by atoms with E-state index in [-0.39, 0.29) is 12.3 Å². The normalized spacial score (nSPS) is 11.5. The molecule has 136 valence electrons. The van der Waals surface area contributed by atoms with Gasteiger partial charge in [-0.2, -0.15) is 0 Å². The summed E-state index contributed by atoms with van der Waals surface area (Å²) in [4.78, 5) is 0. The zero-order valence-corrected chi connectivity index (χ0v) is 15.1. The molecule has 26 heavy (non-hydrogen) atoms. The first-order chi connectivity index (χ1) is 12.6. The molecule has 0 unspecified atom stereocenters. The summed E-state index contributed by atoms with van der Waals surface area (Å²) in [5, 5.41) is 0. The third-order valence-corrected chi connectivity index (χ3v) is 5.08. The Morgan fingerprint density at radius 2 is 1.62 bits per heavy atom. The van der Waals surface area contributed by atoms with Gasteiger partial charge in [0.2, 0.25) is 10.0 Å². The molecule has 0 saturated heterocycles.